The Kier molecular flexibility index (Phi) is 6.06. The van der Waals surface area contributed by atoms with E-state index in [4.69, 9.17) is 14.0 Å². The number of rotatable bonds is 8. The van der Waals surface area contributed by atoms with Crippen molar-refractivity contribution in [2.24, 2.45) is 0 Å². The van der Waals surface area contributed by atoms with Gasteiger partial charge in [-0.3, -0.25) is 9.20 Å². The van der Waals surface area contributed by atoms with E-state index in [2.05, 4.69) is 20.4 Å². The summed E-state index contributed by atoms with van der Waals surface area (Å²) in [6, 6.07) is 9.41. The minimum Gasteiger partial charge on any atom is -0.382 e. The van der Waals surface area contributed by atoms with Crippen molar-refractivity contribution in [2.45, 2.75) is 20.5 Å². The number of hydrogen-bond donors (Lipinski definition) is 1. The average Bonchev–Trinajstić information content (AvgIpc) is 3.40. The Morgan fingerprint density at radius 2 is 2.06 bits per heavy atom. The van der Waals surface area contributed by atoms with Crippen LogP contribution in [0.1, 0.15) is 27.5 Å². The third-order valence-corrected chi connectivity index (χ3v) is 4.84. The molecule has 3 aromatic heterocycles. The Labute approximate surface area is 179 Å². The van der Waals surface area contributed by atoms with Gasteiger partial charge >= 0.3 is 0 Å². The first-order valence-corrected chi connectivity index (χ1v) is 9.81. The summed E-state index contributed by atoms with van der Waals surface area (Å²) in [4.78, 5) is 21.6. The molecule has 0 saturated carbocycles. The fraction of sp³-hybridized carbons (Fsp3) is 0.273. The molecule has 4 rings (SSSR count). The van der Waals surface area contributed by atoms with Crippen LogP contribution in [0, 0.1) is 13.8 Å². The Morgan fingerprint density at radius 3 is 2.90 bits per heavy atom. The molecule has 9 nitrogen and oxygen atoms in total. The molecular formula is C22H23N5O4. The minimum atomic E-state index is -0.253. The van der Waals surface area contributed by atoms with E-state index in [0.29, 0.717) is 42.0 Å². The highest BCUT2D eigenvalue weighted by Crippen LogP contribution is 2.28. The van der Waals surface area contributed by atoms with Crippen LogP contribution >= 0.6 is 0 Å². The molecule has 0 saturated heterocycles. The molecule has 0 fully saturated rings. The molecular weight excluding hydrogens is 398 g/mol. The molecule has 31 heavy (non-hydrogen) atoms. The van der Waals surface area contributed by atoms with Gasteiger partial charge in [-0.15, -0.1) is 0 Å². The topological polar surface area (TPSA) is 104 Å². The summed E-state index contributed by atoms with van der Waals surface area (Å²) in [5.41, 5.74) is 4.49. The van der Waals surface area contributed by atoms with Crippen LogP contribution in [-0.2, 0) is 16.1 Å². The molecule has 160 valence electrons. The van der Waals surface area contributed by atoms with Crippen molar-refractivity contribution in [3.63, 3.8) is 0 Å². The van der Waals surface area contributed by atoms with Gasteiger partial charge in [0.2, 0.25) is 5.82 Å². The van der Waals surface area contributed by atoms with E-state index in [1.165, 1.54) is 0 Å². The first-order valence-electron chi connectivity index (χ1n) is 9.81. The van der Waals surface area contributed by atoms with E-state index < -0.39 is 0 Å². The van der Waals surface area contributed by atoms with Crippen molar-refractivity contribution >= 4 is 17.2 Å². The van der Waals surface area contributed by atoms with Crippen molar-refractivity contribution in [1.29, 1.82) is 0 Å². The lowest BCUT2D eigenvalue weighted by atomic mass is 10.0. The maximum absolute atomic E-state index is 12.9. The Morgan fingerprint density at radius 1 is 1.19 bits per heavy atom. The number of aryl methyl sites for hydroxylation is 2. The van der Waals surface area contributed by atoms with Gasteiger partial charge in [0.1, 0.15) is 17.9 Å². The fourth-order valence-corrected chi connectivity index (χ4v) is 3.24. The van der Waals surface area contributed by atoms with Crippen molar-refractivity contribution in [3.8, 4) is 11.4 Å². The van der Waals surface area contributed by atoms with Crippen LogP contribution in [0.3, 0.4) is 0 Å². The van der Waals surface area contributed by atoms with Crippen molar-refractivity contribution in [1.82, 2.24) is 19.5 Å². The van der Waals surface area contributed by atoms with Gasteiger partial charge in [-0.1, -0.05) is 17.3 Å². The van der Waals surface area contributed by atoms with Gasteiger partial charge in [0.25, 0.3) is 11.8 Å². The summed E-state index contributed by atoms with van der Waals surface area (Å²) in [5, 5.41) is 7.04. The molecule has 1 amide bonds. The van der Waals surface area contributed by atoms with Crippen LogP contribution in [0.4, 0.5) is 5.69 Å². The molecule has 0 aliphatic carbocycles. The zero-order chi connectivity index (χ0) is 21.8. The number of benzene rings is 1. The molecule has 4 aromatic rings. The number of methoxy groups -OCH3 is 1. The molecule has 1 N–H and O–H groups in total. The standard InChI is InChI=1S/C22H23N5O4/c1-14-10-15(2)17(24-22(28)18-12-23-19-6-4-5-7-27(18)19)11-16(14)21-25-20(31-26-21)13-30-9-8-29-3/h4-7,10-12H,8-9,13H2,1-3H3,(H,24,28). The van der Waals surface area contributed by atoms with E-state index >= 15 is 0 Å². The lowest BCUT2D eigenvalue weighted by Crippen LogP contribution is -2.15. The summed E-state index contributed by atoms with van der Waals surface area (Å²) in [7, 11) is 1.61. The highest BCUT2D eigenvalue weighted by Gasteiger charge is 2.17. The van der Waals surface area contributed by atoms with Gasteiger partial charge in [-0.2, -0.15) is 4.98 Å². The number of carbonyl (C=O) groups excluding carboxylic acids is 1. The van der Waals surface area contributed by atoms with Crippen LogP contribution in [0.15, 0.2) is 47.2 Å². The molecule has 9 heteroatoms. The quantitative estimate of drug-likeness (QED) is 0.435. The summed E-state index contributed by atoms with van der Waals surface area (Å²) in [5.74, 6) is 0.562. The van der Waals surface area contributed by atoms with Crippen LogP contribution in [0.25, 0.3) is 17.0 Å². The number of aromatic nitrogens is 4. The fourth-order valence-electron chi connectivity index (χ4n) is 3.24. The SMILES string of the molecule is COCCOCc1nc(-c2cc(NC(=O)c3cnc4ccccn34)c(C)cc2C)no1. The molecule has 0 bridgehead atoms. The second-order valence-electron chi connectivity index (χ2n) is 7.07. The second-order valence-corrected chi connectivity index (χ2v) is 7.07. The molecule has 3 heterocycles. The Bertz CT molecular complexity index is 1210. The summed E-state index contributed by atoms with van der Waals surface area (Å²) in [6.07, 6.45) is 3.37. The van der Waals surface area contributed by atoms with Crippen LogP contribution in [0.5, 0.6) is 0 Å². The highest BCUT2D eigenvalue weighted by atomic mass is 16.5. The Balaban J connectivity index is 1.55. The first-order chi connectivity index (χ1) is 15.1. The van der Waals surface area contributed by atoms with Crippen LogP contribution < -0.4 is 5.32 Å². The van der Waals surface area contributed by atoms with Crippen molar-refractivity contribution in [3.05, 3.63) is 65.4 Å². The normalized spacial score (nSPS) is 11.2. The predicted molar refractivity (Wildman–Crippen MR) is 114 cm³/mol. The number of amides is 1. The smallest absolute Gasteiger partial charge is 0.274 e. The number of hydrogen-bond acceptors (Lipinski definition) is 7. The van der Waals surface area contributed by atoms with E-state index in [0.717, 1.165) is 16.7 Å². The second kappa shape index (κ2) is 9.07. The van der Waals surface area contributed by atoms with E-state index in [1.54, 1.807) is 23.9 Å². The van der Waals surface area contributed by atoms with E-state index in [1.807, 2.05) is 44.2 Å². The first kappa shape index (κ1) is 20.7. The average molecular weight is 421 g/mol. The van der Waals surface area contributed by atoms with E-state index in [9.17, 15) is 4.79 Å². The highest BCUT2D eigenvalue weighted by molar-refractivity contribution is 6.04. The summed E-state index contributed by atoms with van der Waals surface area (Å²) in [6.45, 7) is 5.04. The van der Waals surface area contributed by atoms with Crippen molar-refractivity contribution in [2.75, 3.05) is 25.6 Å². The number of pyridine rings is 1. The summed E-state index contributed by atoms with van der Waals surface area (Å²) >= 11 is 0. The number of imidazole rings is 1. The maximum atomic E-state index is 12.9. The van der Waals surface area contributed by atoms with E-state index in [-0.39, 0.29) is 12.5 Å². The predicted octanol–water partition coefficient (Wildman–Crippen LogP) is 3.42. The third-order valence-electron chi connectivity index (χ3n) is 4.84. The van der Waals surface area contributed by atoms with Gasteiger partial charge in [0.15, 0.2) is 0 Å². The molecule has 0 aliphatic rings. The molecule has 0 atom stereocenters. The van der Waals surface area contributed by atoms with Crippen LogP contribution in [-0.4, -0.2) is 45.8 Å². The van der Waals surface area contributed by atoms with Gasteiger partial charge in [0.05, 0.1) is 19.4 Å². The Hall–Kier alpha value is -3.56. The maximum Gasteiger partial charge on any atom is 0.274 e. The number of nitrogens with one attached hydrogen (secondary N) is 1. The number of anilines is 1. The number of carbonyl (C=O) groups is 1. The zero-order valence-electron chi connectivity index (χ0n) is 17.6. The third kappa shape index (κ3) is 4.47. The van der Waals surface area contributed by atoms with Gasteiger partial charge in [-0.25, -0.2) is 4.98 Å². The molecule has 0 aliphatic heterocycles. The minimum absolute atomic E-state index is 0.207. The van der Waals surface area contributed by atoms with Gasteiger partial charge < -0.3 is 19.3 Å². The van der Waals surface area contributed by atoms with Crippen LogP contribution in [0.2, 0.25) is 0 Å². The monoisotopic (exact) mass is 421 g/mol. The number of ether oxygens (including phenoxy) is 2. The molecule has 0 radical (unpaired) electrons. The lowest BCUT2D eigenvalue weighted by molar-refractivity contribution is 0.0494. The molecule has 0 spiro atoms. The largest absolute Gasteiger partial charge is 0.382 e. The number of nitrogens with zero attached hydrogens (tertiary/aromatic N) is 4. The lowest BCUT2D eigenvalue weighted by Gasteiger charge is -2.12. The summed E-state index contributed by atoms with van der Waals surface area (Å²) < 4.78 is 17.4. The van der Waals surface area contributed by atoms with Gasteiger partial charge in [-0.05, 0) is 43.2 Å². The van der Waals surface area contributed by atoms with Gasteiger partial charge in [0, 0.05) is 24.6 Å². The zero-order valence-corrected chi connectivity index (χ0v) is 17.6. The number of fused-ring (bicyclic) bond motifs is 1. The molecule has 0 unspecified atom stereocenters. The van der Waals surface area contributed by atoms with Crippen molar-refractivity contribution < 1.29 is 18.8 Å². The molecule has 1 aromatic carbocycles.